The number of carbonyl (C=O) groups excluding carboxylic acids is 1. The van der Waals surface area contributed by atoms with Gasteiger partial charge in [-0.15, -0.1) is 0 Å². The van der Waals surface area contributed by atoms with Gasteiger partial charge in [0.15, 0.2) is 0 Å². The average molecular weight is 380 g/mol. The second-order valence-corrected chi connectivity index (χ2v) is 6.92. The summed E-state index contributed by atoms with van der Waals surface area (Å²) in [5, 5.41) is 1.74. The van der Waals surface area contributed by atoms with Gasteiger partial charge in [0.2, 0.25) is 0 Å². The number of rotatable bonds is 6. The number of ether oxygens (including phenoxy) is 1. The molecule has 138 valence electrons. The number of carbonyl (C=O) groups is 1. The highest BCUT2D eigenvalue weighted by Gasteiger charge is 2.12. The van der Waals surface area contributed by atoms with Gasteiger partial charge in [-0.05, 0) is 48.2 Å². The topological polar surface area (TPSA) is 39.2 Å². The summed E-state index contributed by atoms with van der Waals surface area (Å²) in [4.78, 5) is 16.3. The van der Waals surface area contributed by atoms with Crippen LogP contribution in [0.25, 0.3) is 23.1 Å². The molecule has 0 saturated carbocycles. The third-order valence-electron chi connectivity index (χ3n) is 4.38. The van der Waals surface area contributed by atoms with E-state index in [9.17, 15) is 4.79 Å². The minimum absolute atomic E-state index is 0.110. The fraction of sp³-hybridized carbons (Fsp3) is 0.217. The highest BCUT2D eigenvalue weighted by molar-refractivity contribution is 6.31. The summed E-state index contributed by atoms with van der Waals surface area (Å²) in [5.41, 5.74) is 3.93. The first-order chi connectivity index (χ1) is 13.0. The van der Waals surface area contributed by atoms with Crippen LogP contribution in [-0.4, -0.2) is 17.6 Å². The molecule has 0 saturated heterocycles. The second kappa shape index (κ2) is 8.83. The van der Waals surface area contributed by atoms with Crippen LogP contribution in [0.2, 0.25) is 5.02 Å². The van der Waals surface area contributed by atoms with Crippen molar-refractivity contribution in [1.29, 1.82) is 0 Å². The van der Waals surface area contributed by atoms with Crippen LogP contribution >= 0.6 is 11.6 Å². The van der Waals surface area contributed by atoms with Crippen LogP contribution in [0.4, 0.5) is 0 Å². The van der Waals surface area contributed by atoms with Crippen LogP contribution in [0.1, 0.15) is 43.0 Å². The van der Waals surface area contributed by atoms with Gasteiger partial charge in [0, 0.05) is 10.4 Å². The molecule has 3 aromatic rings. The quantitative estimate of drug-likeness (QED) is 0.484. The van der Waals surface area contributed by atoms with E-state index in [4.69, 9.17) is 16.3 Å². The van der Waals surface area contributed by atoms with Gasteiger partial charge in [0.05, 0.1) is 24.2 Å². The van der Waals surface area contributed by atoms with Gasteiger partial charge < -0.3 is 4.74 Å². The molecule has 0 aliphatic carbocycles. The first-order valence-corrected chi connectivity index (χ1v) is 9.43. The molecule has 27 heavy (non-hydrogen) atoms. The van der Waals surface area contributed by atoms with Gasteiger partial charge in [-0.3, -0.25) is 4.79 Å². The normalized spacial score (nSPS) is 12.4. The number of aromatic nitrogens is 1. The van der Waals surface area contributed by atoms with Crippen LogP contribution in [-0.2, 0) is 9.53 Å². The van der Waals surface area contributed by atoms with Gasteiger partial charge in [0.25, 0.3) is 0 Å². The van der Waals surface area contributed by atoms with Crippen molar-refractivity contribution in [3.63, 3.8) is 0 Å². The monoisotopic (exact) mass is 379 g/mol. The van der Waals surface area contributed by atoms with Crippen molar-refractivity contribution in [2.45, 2.75) is 26.2 Å². The molecular weight excluding hydrogens is 358 g/mol. The van der Waals surface area contributed by atoms with Crippen molar-refractivity contribution >= 4 is 40.6 Å². The molecule has 1 atom stereocenters. The van der Waals surface area contributed by atoms with Gasteiger partial charge >= 0.3 is 5.97 Å². The van der Waals surface area contributed by atoms with Crippen molar-refractivity contribution in [3.8, 4) is 0 Å². The molecule has 4 heteroatoms. The molecule has 3 rings (SSSR count). The Labute approximate surface area is 164 Å². The van der Waals surface area contributed by atoms with Crippen LogP contribution in [0, 0.1) is 0 Å². The third-order valence-corrected chi connectivity index (χ3v) is 4.62. The van der Waals surface area contributed by atoms with E-state index in [1.165, 1.54) is 0 Å². The molecule has 0 radical (unpaired) electrons. The molecule has 0 N–H and O–H groups in total. The van der Waals surface area contributed by atoms with E-state index < -0.39 is 0 Å². The van der Waals surface area contributed by atoms with Crippen LogP contribution in [0.3, 0.4) is 0 Å². The number of esters is 1. The van der Waals surface area contributed by atoms with E-state index in [2.05, 4.69) is 11.1 Å². The lowest BCUT2D eigenvalue weighted by atomic mass is 9.96. The maximum absolute atomic E-state index is 11.7. The van der Waals surface area contributed by atoms with E-state index in [1.54, 1.807) is 0 Å². The van der Waals surface area contributed by atoms with Crippen molar-refractivity contribution in [2.24, 2.45) is 0 Å². The molecule has 0 aliphatic rings. The van der Waals surface area contributed by atoms with Gasteiger partial charge in [0.1, 0.15) is 0 Å². The lowest BCUT2D eigenvalue weighted by Gasteiger charge is -2.11. The highest BCUT2D eigenvalue weighted by atomic mass is 35.5. The van der Waals surface area contributed by atoms with Crippen molar-refractivity contribution in [2.75, 3.05) is 6.61 Å². The number of hydrogen-bond donors (Lipinski definition) is 0. The largest absolute Gasteiger partial charge is 0.466 e. The number of hydrogen-bond acceptors (Lipinski definition) is 3. The molecule has 2 aromatic carbocycles. The zero-order valence-electron chi connectivity index (χ0n) is 15.5. The van der Waals surface area contributed by atoms with E-state index in [0.717, 1.165) is 27.7 Å². The molecule has 1 heterocycles. The zero-order valence-corrected chi connectivity index (χ0v) is 16.2. The minimum Gasteiger partial charge on any atom is -0.466 e. The van der Waals surface area contributed by atoms with E-state index >= 15 is 0 Å². The lowest BCUT2D eigenvalue weighted by molar-refractivity contribution is -0.143. The van der Waals surface area contributed by atoms with Gasteiger partial charge in [-0.25, -0.2) is 4.98 Å². The van der Waals surface area contributed by atoms with E-state index in [0.29, 0.717) is 18.1 Å². The molecule has 0 bridgehead atoms. The van der Waals surface area contributed by atoms with Crippen LogP contribution in [0.5, 0.6) is 0 Å². The summed E-state index contributed by atoms with van der Waals surface area (Å²) in [6, 6.07) is 17.9. The minimum atomic E-state index is -0.162. The summed E-state index contributed by atoms with van der Waals surface area (Å²) in [7, 11) is 0. The standard InChI is InChI=1S/C23H22ClNO2/c1-3-27-23(26)13-16(2)19-6-4-5-17(14-19)7-11-21-12-9-18-8-10-20(24)15-22(18)25-21/h4-12,14-16H,3,13H2,1-2H3. The molecule has 0 spiro atoms. The summed E-state index contributed by atoms with van der Waals surface area (Å²) >= 11 is 6.06. The van der Waals surface area contributed by atoms with Gasteiger partial charge in [-0.1, -0.05) is 61.0 Å². The fourth-order valence-corrected chi connectivity index (χ4v) is 3.10. The number of pyridine rings is 1. The summed E-state index contributed by atoms with van der Waals surface area (Å²) in [6.07, 6.45) is 4.39. The molecule has 1 unspecified atom stereocenters. The smallest absolute Gasteiger partial charge is 0.306 e. The Morgan fingerprint density at radius 3 is 2.78 bits per heavy atom. The molecule has 0 amide bonds. The molecule has 3 nitrogen and oxygen atoms in total. The lowest BCUT2D eigenvalue weighted by Crippen LogP contribution is -2.08. The number of halogens is 1. The Morgan fingerprint density at radius 1 is 1.15 bits per heavy atom. The van der Waals surface area contributed by atoms with Crippen molar-refractivity contribution < 1.29 is 9.53 Å². The van der Waals surface area contributed by atoms with Crippen molar-refractivity contribution in [3.05, 3.63) is 76.4 Å². The molecule has 0 fully saturated rings. The zero-order chi connectivity index (χ0) is 19.2. The van der Waals surface area contributed by atoms with Crippen LogP contribution < -0.4 is 0 Å². The van der Waals surface area contributed by atoms with Crippen molar-refractivity contribution in [1.82, 2.24) is 4.98 Å². The predicted octanol–water partition coefficient (Wildman–Crippen LogP) is 6.12. The maximum atomic E-state index is 11.7. The number of benzene rings is 2. The summed E-state index contributed by atoms with van der Waals surface area (Å²) in [5.74, 6) is -0.0525. The summed E-state index contributed by atoms with van der Waals surface area (Å²) in [6.45, 7) is 4.27. The van der Waals surface area contributed by atoms with Gasteiger partial charge in [-0.2, -0.15) is 0 Å². The van der Waals surface area contributed by atoms with Crippen LogP contribution in [0.15, 0.2) is 54.6 Å². The third kappa shape index (κ3) is 5.18. The predicted molar refractivity (Wildman–Crippen MR) is 112 cm³/mol. The second-order valence-electron chi connectivity index (χ2n) is 6.49. The molecule has 0 aliphatic heterocycles. The summed E-state index contributed by atoms with van der Waals surface area (Å²) < 4.78 is 5.04. The van der Waals surface area contributed by atoms with E-state index in [-0.39, 0.29) is 11.9 Å². The molecular formula is C23H22ClNO2. The van der Waals surface area contributed by atoms with E-state index in [1.807, 2.05) is 74.5 Å². The highest BCUT2D eigenvalue weighted by Crippen LogP contribution is 2.22. The molecule has 1 aromatic heterocycles. The first-order valence-electron chi connectivity index (χ1n) is 9.05. The number of nitrogens with zero attached hydrogens (tertiary/aromatic N) is 1. The SMILES string of the molecule is CCOC(=O)CC(C)c1cccc(C=Cc2ccc3ccc(Cl)cc3n2)c1. The Kier molecular flexibility index (Phi) is 6.25. The Morgan fingerprint density at radius 2 is 1.96 bits per heavy atom. The fourth-order valence-electron chi connectivity index (χ4n) is 2.94. The first kappa shape index (κ1) is 19.1. The Bertz CT molecular complexity index is 981. The maximum Gasteiger partial charge on any atom is 0.306 e. The average Bonchev–Trinajstić information content (AvgIpc) is 2.66. The number of fused-ring (bicyclic) bond motifs is 1. The Hall–Kier alpha value is -2.65. The Balaban J connectivity index is 1.76.